The fourth-order valence-corrected chi connectivity index (χ4v) is 2.94. The Morgan fingerprint density at radius 3 is 3.05 bits per heavy atom. The summed E-state index contributed by atoms with van der Waals surface area (Å²) in [6, 6.07) is 7.67. The number of nitrogens with one attached hydrogen (secondary N) is 1. The van der Waals surface area contributed by atoms with Crippen LogP contribution in [0.4, 0.5) is 0 Å². The van der Waals surface area contributed by atoms with Gasteiger partial charge in [-0.05, 0) is 12.5 Å². The molecule has 0 unspecified atom stereocenters. The molecule has 0 aliphatic rings. The number of nitrogens with zero attached hydrogens (tertiary/aromatic N) is 1. The molecule has 0 amide bonds. The first kappa shape index (κ1) is 13.0. The molecular formula is C15H14N2O2S. The lowest BCUT2D eigenvalue weighted by Crippen LogP contribution is -2.02. The van der Waals surface area contributed by atoms with Gasteiger partial charge in [0.2, 0.25) is 5.78 Å². The second-order valence-corrected chi connectivity index (χ2v) is 5.44. The molecular weight excluding hydrogens is 272 g/mol. The third kappa shape index (κ3) is 2.15. The van der Waals surface area contributed by atoms with E-state index in [4.69, 9.17) is 0 Å². The van der Waals surface area contributed by atoms with E-state index in [1.807, 2.05) is 31.2 Å². The number of carbonyl (C=O) groups is 1. The van der Waals surface area contributed by atoms with Crippen molar-refractivity contribution < 1.29 is 9.90 Å². The van der Waals surface area contributed by atoms with E-state index in [0.29, 0.717) is 22.7 Å². The van der Waals surface area contributed by atoms with Gasteiger partial charge in [0, 0.05) is 22.5 Å². The Hall–Kier alpha value is -1.98. The van der Waals surface area contributed by atoms with Crippen molar-refractivity contribution in [3.8, 4) is 0 Å². The number of carbonyl (C=O) groups excluding carboxylic acids is 1. The molecule has 3 aromatic rings. The van der Waals surface area contributed by atoms with Crippen molar-refractivity contribution in [2.24, 2.45) is 0 Å². The standard InChI is InChI=1S/C15H14N2O2S/c1-2-13(18)12-8-20-15(17-12)14(19)10-7-16-11-6-4-3-5-9(10)11/h3-8,13,16,18H,2H2,1H3/t13-/m0/s1. The van der Waals surface area contributed by atoms with Gasteiger partial charge < -0.3 is 10.1 Å². The van der Waals surface area contributed by atoms with E-state index >= 15 is 0 Å². The van der Waals surface area contributed by atoms with Crippen molar-refractivity contribution >= 4 is 28.0 Å². The van der Waals surface area contributed by atoms with Gasteiger partial charge in [-0.2, -0.15) is 0 Å². The summed E-state index contributed by atoms with van der Waals surface area (Å²) in [5.74, 6) is -0.109. The second-order valence-electron chi connectivity index (χ2n) is 4.58. The van der Waals surface area contributed by atoms with Gasteiger partial charge in [0.15, 0.2) is 5.01 Å². The molecule has 102 valence electrons. The van der Waals surface area contributed by atoms with Crippen molar-refractivity contribution in [2.45, 2.75) is 19.4 Å². The highest BCUT2D eigenvalue weighted by Crippen LogP contribution is 2.24. The van der Waals surface area contributed by atoms with Gasteiger partial charge in [-0.15, -0.1) is 11.3 Å². The van der Waals surface area contributed by atoms with Gasteiger partial charge in [0.25, 0.3) is 0 Å². The summed E-state index contributed by atoms with van der Waals surface area (Å²) < 4.78 is 0. The van der Waals surface area contributed by atoms with Crippen molar-refractivity contribution in [2.75, 3.05) is 0 Å². The molecule has 3 rings (SSSR count). The summed E-state index contributed by atoms with van der Waals surface area (Å²) in [5, 5.41) is 12.8. The predicted octanol–water partition coefficient (Wildman–Crippen LogP) is 3.30. The Balaban J connectivity index is 1.98. The van der Waals surface area contributed by atoms with Crippen molar-refractivity contribution in [1.82, 2.24) is 9.97 Å². The van der Waals surface area contributed by atoms with Gasteiger partial charge in [-0.1, -0.05) is 25.1 Å². The van der Waals surface area contributed by atoms with Crippen molar-refractivity contribution in [3.63, 3.8) is 0 Å². The third-order valence-electron chi connectivity index (χ3n) is 3.28. The first-order valence-corrected chi connectivity index (χ1v) is 7.33. The van der Waals surface area contributed by atoms with Crippen LogP contribution in [0.1, 0.15) is 40.5 Å². The van der Waals surface area contributed by atoms with Crippen molar-refractivity contribution in [1.29, 1.82) is 0 Å². The molecule has 0 fully saturated rings. The van der Waals surface area contributed by atoms with E-state index in [9.17, 15) is 9.90 Å². The third-order valence-corrected chi connectivity index (χ3v) is 4.14. The Labute approximate surface area is 120 Å². The minimum Gasteiger partial charge on any atom is -0.387 e. The zero-order chi connectivity index (χ0) is 14.1. The molecule has 2 aromatic heterocycles. The van der Waals surface area contributed by atoms with Gasteiger partial charge in [0.1, 0.15) is 0 Å². The topological polar surface area (TPSA) is 66.0 Å². The fraction of sp³-hybridized carbons (Fsp3) is 0.200. The molecule has 4 nitrogen and oxygen atoms in total. The Morgan fingerprint density at radius 2 is 2.25 bits per heavy atom. The SMILES string of the molecule is CC[C@H](O)c1csc(C(=O)c2c[nH]c3ccccc23)n1. The number of fused-ring (bicyclic) bond motifs is 1. The number of aliphatic hydroxyl groups is 1. The molecule has 0 spiro atoms. The van der Waals surface area contributed by atoms with Crippen LogP contribution in [0.3, 0.4) is 0 Å². The maximum absolute atomic E-state index is 12.5. The van der Waals surface area contributed by atoms with E-state index in [2.05, 4.69) is 9.97 Å². The zero-order valence-corrected chi connectivity index (χ0v) is 11.8. The minimum atomic E-state index is -0.601. The number of aromatic amines is 1. The highest BCUT2D eigenvalue weighted by atomic mass is 32.1. The normalized spacial score (nSPS) is 12.7. The van der Waals surface area contributed by atoms with Crippen LogP contribution in [-0.4, -0.2) is 20.9 Å². The molecule has 0 aliphatic heterocycles. The van der Waals surface area contributed by atoms with Crippen LogP contribution < -0.4 is 0 Å². The predicted molar refractivity (Wildman–Crippen MR) is 79.1 cm³/mol. The number of ketones is 1. The molecule has 2 heterocycles. The molecule has 0 bridgehead atoms. The molecule has 0 radical (unpaired) electrons. The maximum atomic E-state index is 12.5. The number of hydrogen-bond acceptors (Lipinski definition) is 4. The number of rotatable bonds is 4. The van der Waals surface area contributed by atoms with E-state index in [1.165, 1.54) is 11.3 Å². The summed E-state index contributed by atoms with van der Waals surface area (Å²) in [7, 11) is 0. The molecule has 2 N–H and O–H groups in total. The van der Waals surface area contributed by atoms with Gasteiger partial charge in [-0.3, -0.25) is 4.79 Å². The maximum Gasteiger partial charge on any atom is 0.223 e. The molecule has 20 heavy (non-hydrogen) atoms. The average molecular weight is 286 g/mol. The molecule has 0 saturated heterocycles. The number of para-hydroxylation sites is 1. The van der Waals surface area contributed by atoms with Crippen LogP contribution in [0.5, 0.6) is 0 Å². The van der Waals surface area contributed by atoms with Crippen LogP contribution in [0, 0.1) is 0 Å². The number of benzene rings is 1. The first-order valence-electron chi connectivity index (χ1n) is 6.45. The summed E-state index contributed by atoms with van der Waals surface area (Å²) in [6.45, 7) is 1.88. The largest absolute Gasteiger partial charge is 0.387 e. The highest BCUT2D eigenvalue weighted by Gasteiger charge is 2.19. The number of H-pyrrole nitrogens is 1. The fourth-order valence-electron chi connectivity index (χ4n) is 2.13. The number of aromatic nitrogens is 2. The second kappa shape index (κ2) is 5.19. The van der Waals surface area contributed by atoms with Gasteiger partial charge in [0.05, 0.1) is 17.4 Å². The van der Waals surface area contributed by atoms with Crippen LogP contribution in [0.2, 0.25) is 0 Å². The molecule has 0 saturated carbocycles. The summed E-state index contributed by atoms with van der Waals surface area (Å²) in [6.07, 6.45) is 1.70. The molecule has 1 atom stereocenters. The lowest BCUT2D eigenvalue weighted by molar-refractivity contribution is 0.103. The summed E-state index contributed by atoms with van der Waals surface area (Å²) >= 11 is 1.27. The zero-order valence-electron chi connectivity index (χ0n) is 11.0. The highest BCUT2D eigenvalue weighted by molar-refractivity contribution is 7.12. The summed E-state index contributed by atoms with van der Waals surface area (Å²) in [4.78, 5) is 19.8. The monoisotopic (exact) mass is 286 g/mol. The lowest BCUT2D eigenvalue weighted by atomic mass is 10.1. The van der Waals surface area contributed by atoms with Gasteiger partial charge >= 0.3 is 0 Å². The number of thiazole rings is 1. The van der Waals surface area contributed by atoms with Crippen molar-refractivity contribution in [3.05, 3.63) is 52.1 Å². The van der Waals surface area contributed by atoms with E-state index < -0.39 is 6.10 Å². The summed E-state index contributed by atoms with van der Waals surface area (Å²) in [5.41, 5.74) is 2.12. The molecule has 0 aliphatic carbocycles. The molecule has 5 heteroatoms. The average Bonchev–Trinajstić information content (AvgIpc) is 3.12. The first-order chi connectivity index (χ1) is 9.70. The van der Waals surface area contributed by atoms with Crippen LogP contribution in [0.25, 0.3) is 10.9 Å². The lowest BCUT2D eigenvalue weighted by Gasteiger charge is -2.01. The van der Waals surface area contributed by atoms with Crippen LogP contribution >= 0.6 is 11.3 Å². The van der Waals surface area contributed by atoms with Crippen LogP contribution in [0.15, 0.2) is 35.8 Å². The Morgan fingerprint density at radius 1 is 1.45 bits per heavy atom. The Bertz CT molecular complexity index is 760. The number of hydrogen-bond donors (Lipinski definition) is 2. The number of aliphatic hydroxyl groups excluding tert-OH is 1. The quantitative estimate of drug-likeness (QED) is 0.723. The van der Waals surface area contributed by atoms with Gasteiger partial charge in [-0.25, -0.2) is 4.98 Å². The minimum absolute atomic E-state index is 0.109. The van der Waals surface area contributed by atoms with Crippen LogP contribution in [-0.2, 0) is 0 Å². The van der Waals surface area contributed by atoms with E-state index in [0.717, 1.165) is 10.9 Å². The smallest absolute Gasteiger partial charge is 0.223 e. The van der Waals surface area contributed by atoms with E-state index in [1.54, 1.807) is 11.6 Å². The Kier molecular flexibility index (Phi) is 3.38. The van der Waals surface area contributed by atoms with E-state index in [-0.39, 0.29) is 5.78 Å². The molecule has 1 aromatic carbocycles.